The van der Waals surface area contributed by atoms with Gasteiger partial charge in [0.05, 0.1) is 7.11 Å². The van der Waals surface area contributed by atoms with Crippen molar-refractivity contribution < 1.29 is 4.74 Å². The summed E-state index contributed by atoms with van der Waals surface area (Å²) in [7, 11) is 1.71. The van der Waals surface area contributed by atoms with Crippen LogP contribution in [0.25, 0.3) is 11.1 Å². The van der Waals surface area contributed by atoms with Crippen molar-refractivity contribution in [2.75, 3.05) is 7.11 Å². The number of hydrogen-bond acceptors (Lipinski definition) is 3. The van der Waals surface area contributed by atoms with Gasteiger partial charge in [-0.05, 0) is 36.2 Å². The zero-order valence-electron chi connectivity index (χ0n) is 12.6. The molecule has 2 aromatic rings. The van der Waals surface area contributed by atoms with E-state index >= 15 is 0 Å². The maximum absolute atomic E-state index is 5.44. The fourth-order valence-corrected chi connectivity index (χ4v) is 2.12. The van der Waals surface area contributed by atoms with E-state index in [0.29, 0.717) is 6.04 Å². The summed E-state index contributed by atoms with van der Waals surface area (Å²) in [5.74, 6) is 0.919. The maximum Gasteiger partial charge on any atom is 0.123 e. The van der Waals surface area contributed by atoms with Crippen molar-refractivity contribution in [1.82, 2.24) is 10.3 Å². The maximum atomic E-state index is 5.44. The minimum absolute atomic E-state index is 0.448. The third kappa shape index (κ3) is 3.58. The Kier molecular flexibility index (Phi) is 4.74. The van der Waals surface area contributed by atoms with Crippen LogP contribution in [-0.2, 0) is 6.54 Å². The summed E-state index contributed by atoms with van der Waals surface area (Å²) >= 11 is 0. The Labute approximate surface area is 121 Å². The highest BCUT2D eigenvalue weighted by Crippen LogP contribution is 2.26. The fourth-order valence-electron chi connectivity index (χ4n) is 2.12. The lowest BCUT2D eigenvalue weighted by Crippen LogP contribution is -2.22. The van der Waals surface area contributed by atoms with Crippen LogP contribution in [0.15, 0.2) is 36.7 Å². The monoisotopic (exact) mass is 270 g/mol. The lowest BCUT2D eigenvalue weighted by Gasteiger charge is -2.13. The van der Waals surface area contributed by atoms with Crippen LogP contribution in [0.1, 0.15) is 25.0 Å². The quantitative estimate of drug-likeness (QED) is 0.902. The first-order valence-electron chi connectivity index (χ1n) is 6.92. The molecule has 20 heavy (non-hydrogen) atoms. The summed E-state index contributed by atoms with van der Waals surface area (Å²) in [6.07, 6.45) is 3.77. The number of methoxy groups -OCH3 is 1. The number of hydrogen-bond donors (Lipinski definition) is 1. The summed E-state index contributed by atoms with van der Waals surface area (Å²) in [6, 6.07) is 8.87. The van der Waals surface area contributed by atoms with Crippen molar-refractivity contribution in [3.05, 3.63) is 47.8 Å². The molecule has 0 saturated carbocycles. The lowest BCUT2D eigenvalue weighted by molar-refractivity contribution is 0.406. The summed E-state index contributed by atoms with van der Waals surface area (Å²) in [5, 5.41) is 3.43. The topological polar surface area (TPSA) is 34.1 Å². The molecule has 0 amide bonds. The molecule has 0 atom stereocenters. The minimum Gasteiger partial charge on any atom is -0.496 e. The molecule has 1 aromatic heterocycles. The molecule has 0 unspecified atom stereocenters. The highest BCUT2D eigenvalue weighted by atomic mass is 16.5. The number of benzene rings is 1. The van der Waals surface area contributed by atoms with Gasteiger partial charge in [-0.25, -0.2) is 0 Å². The van der Waals surface area contributed by atoms with Crippen LogP contribution in [0.5, 0.6) is 5.75 Å². The molecule has 2 rings (SSSR count). The van der Waals surface area contributed by atoms with E-state index < -0.39 is 0 Å². The molecular formula is C17H22N2O. The number of aromatic nitrogens is 1. The largest absolute Gasteiger partial charge is 0.496 e. The van der Waals surface area contributed by atoms with Crippen LogP contribution in [0.2, 0.25) is 0 Å². The molecule has 1 heterocycles. The third-order valence-corrected chi connectivity index (χ3v) is 3.19. The van der Waals surface area contributed by atoms with Gasteiger partial charge >= 0.3 is 0 Å². The van der Waals surface area contributed by atoms with Gasteiger partial charge in [0.1, 0.15) is 5.75 Å². The van der Waals surface area contributed by atoms with Crippen LogP contribution in [0, 0.1) is 6.92 Å². The summed E-state index contributed by atoms with van der Waals surface area (Å²) in [6.45, 7) is 7.14. The second kappa shape index (κ2) is 6.53. The Balaban J connectivity index is 2.33. The van der Waals surface area contributed by atoms with E-state index in [1.165, 1.54) is 16.7 Å². The Morgan fingerprint density at radius 1 is 1.15 bits per heavy atom. The molecule has 0 saturated heterocycles. The number of nitrogens with zero attached hydrogens (tertiary/aromatic N) is 1. The van der Waals surface area contributed by atoms with E-state index in [4.69, 9.17) is 4.74 Å². The van der Waals surface area contributed by atoms with Gasteiger partial charge in [-0.1, -0.05) is 19.9 Å². The first kappa shape index (κ1) is 14.5. The van der Waals surface area contributed by atoms with Crippen molar-refractivity contribution >= 4 is 0 Å². The average Bonchev–Trinajstić information content (AvgIpc) is 2.44. The van der Waals surface area contributed by atoms with Crippen molar-refractivity contribution in [1.29, 1.82) is 0 Å². The number of rotatable bonds is 5. The Morgan fingerprint density at radius 3 is 2.60 bits per heavy atom. The van der Waals surface area contributed by atoms with E-state index in [-0.39, 0.29) is 0 Å². The first-order chi connectivity index (χ1) is 9.60. The van der Waals surface area contributed by atoms with Gasteiger partial charge in [0, 0.05) is 36.1 Å². The van der Waals surface area contributed by atoms with Crippen molar-refractivity contribution in [2.45, 2.75) is 33.4 Å². The van der Waals surface area contributed by atoms with E-state index in [9.17, 15) is 0 Å². The summed E-state index contributed by atoms with van der Waals surface area (Å²) < 4.78 is 5.44. The Morgan fingerprint density at radius 2 is 1.95 bits per heavy atom. The van der Waals surface area contributed by atoms with Gasteiger partial charge in [-0.15, -0.1) is 0 Å². The normalized spacial score (nSPS) is 10.8. The third-order valence-electron chi connectivity index (χ3n) is 3.19. The lowest BCUT2D eigenvalue weighted by atomic mass is 10.0. The molecule has 0 aliphatic heterocycles. The zero-order chi connectivity index (χ0) is 14.5. The predicted molar refractivity (Wildman–Crippen MR) is 82.9 cm³/mol. The molecule has 0 aliphatic carbocycles. The standard InChI is InChI=1S/C17H22N2O/c1-12(2)19-11-16-8-14(5-6-17(16)20-4)15-7-13(3)9-18-10-15/h5-10,12,19H,11H2,1-4H3. The predicted octanol–water partition coefficient (Wildman–Crippen LogP) is 3.56. The Bertz CT molecular complexity index is 579. The Hall–Kier alpha value is -1.87. The summed E-state index contributed by atoms with van der Waals surface area (Å²) in [5.41, 5.74) is 4.64. The van der Waals surface area contributed by atoms with Crippen molar-refractivity contribution in [3.8, 4) is 16.9 Å². The molecule has 106 valence electrons. The molecule has 0 bridgehead atoms. The zero-order valence-corrected chi connectivity index (χ0v) is 12.6. The smallest absolute Gasteiger partial charge is 0.123 e. The van der Waals surface area contributed by atoms with Crippen LogP contribution in [0.3, 0.4) is 0 Å². The molecule has 3 heteroatoms. The van der Waals surface area contributed by atoms with E-state index in [2.05, 4.69) is 49.3 Å². The second-order valence-electron chi connectivity index (χ2n) is 5.31. The van der Waals surface area contributed by atoms with Gasteiger partial charge < -0.3 is 10.1 Å². The molecule has 0 radical (unpaired) electrons. The first-order valence-corrected chi connectivity index (χ1v) is 6.92. The molecule has 0 spiro atoms. The van der Waals surface area contributed by atoms with Crippen LogP contribution >= 0.6 is 0 Å². The number of nitrogens with one attached hydrogen (secondary N) is 1. The molecule has 1 aromatic carbocycles. The number of aryl methyl sites for hydroxylation is 1. The van der Waals surface area contributed by atoms with E-state index in [1.54, 1.807) is 7.11 Å². The van der Waals surface area contributed by atoms with Crippen molar-refractivity contribution in [2.24, 2.45) is 0 Å². The van der Waals surface area contributed by atoms with Crippen LogP contribution in [-0.4, -0.2) is 18.1 Å². The van der Waals surface area contributed by atoms with E-state index in [1.807, 2.05) is 18.5 Å². The van der Waals surface area contributed by atoms with Crippen molar-refractivity contribution in [3.63, 3.8) is 0 Å². The summed E-state index contributed by atoms with van der Waals surface area (Å²) in [4.78, 5) is 4.26. The SMILES string of the molecule is COc1ccc(-c2cncc(C)c2)cc1CNC(C)C. The number of ether oxygens (including phenoxy) is 1. The van der Waals surface area contributed by atoms with E-state index in [0.717, 1.165) is 17.9 Å². The molecule has 3 nitrogen and oxygen atoms in total. The van der Waals surface area contributed by atoms with Gasteiger partial charge in [-0.3, -0.25) is 4.98 Å². The fraction of sp³-hybridized carbons (Fsp3) is 0.353. The molecule has 0 fully saturated rings. The van der Waals surface area contributed by atoms with Gasteiger partial charge in [0.15, 0.2) is 0 Å². The van der Waals surface area contributed by atoms with Gasteiger partial charge in [0.2, 0.25) is 0 Å². The molecule has 1 N–H and O–H groups in total. The van der Waals surface area contributed by atoms with Gasteiger partial charge in [0.25, 0.3) is 0 Å². The highest BCUT2D eigenvalue weighted by Gasteiger charge is 2.07. The van der Waals surface area contributed by atoms with Crippen LogP contribution < -0.4 is 10.1 Å². The average molecular weight is 270 g/mol. The van der Waals surface area contributed by atoms with Crippen LogP contribution in [0.4, 0.5) is 0 Å². The van der Waals surface area contributed by atoms with Gasteiger partial charge in [-0.2, -0.15) is 0 Å². The molecular weight excluding hydrogens is 248 g/mol. The highest BCUT2D eigenvalue weighted by molar-refractivity contribution is 5.65. The minimum atomic E-state index is 0.448. The molecule has 0 aliphatic rings. The second-order valence-corrected chi connectivity index (χ2v) is 5.31. The number of pyridine rings is 1.